The minimum Gasteiger partial charge on any atom is -0.452 e. The summed E-state index contributed by atoms with van der Waals surface area (Å²) in [6.45, 7) is 6.24. The van der Waals surface area contributed by atoms with E-state index in [4.69, 9.17) is 4.74 Å². The first-order valence-electron chi connectivity index (χ1n) is 7.17. The summed E-state index contributed by atoms with van der Waals surface area (Å²) < 4.78 is 31.8. The van der Waals surface area contributed by atoms with Gasteiger partial charge < -0.3 is 10.1 Å². The maximum atomic E-state index is 12.1. The number of carbonyl (C=O) groups is 2. The number of hydrogen-bond acceptors (Lipinski definition) is 5. The molecule has 0 aliphatic heterocycles. The highest BCUT2D eigenvalue weighted by Crippen LogP contribution is 2.15. The molecule has 0 aliphatic rings. The van der Waals surface area contributed by atoms with Gasteiger partial charge in [0.1, 0.15) is 6.54 Å². The van der Waals surface area contributed by atoms with Gasteiger partial charge in [0.2, 0.25) is 10.0 Å². The van der Waals surface area contributed by atoms with Gasteiger partial charge in [-0.1, -0.05) is 22.0 Å². The van der Waals surface area contributed by atoms with Gasteiger partial charge in [0.05, 0.1) is 4.90 Å². The van der Waals surface area contributed by atoms with Crippen molar-refractivity contribution in [2.45, 2.75) is 44.2 Å². The van der Waals surface area contributed by atoms with E-state index < -0.39 is 40.1 Å². The fourth-order valence-electron chi connectivity index (χ4n) is 1.64. The molecule has 24 heavy (non-hydrogen) atoms. The molecular formula is C15H21BrN2O5S. The van der Waals surface area contributed by atoms with Crippen LogP contribution in [0.2, 0.25) is 0 Å². The van der Waals surface area contributed by atoms with Crippen molar-refractivity contribution in [3.63, 3.8) is 0 Å². The lowest BCUT2D eigenvalue weighted by atomic mass is 10.1. The van der Waals surface area contributed by atoms with E-state index in [0.717, 1.165) is 0 Å². The van der Waals surface area contributed by atoms with Crippen molar-refractivity contribution in [1.29, 1.82) is 0 Å². The lowest BCUT2D eigenvalue weighted by molar-refractivity contribution is -0.154. The van der Waals surface area contributed by atoms with Gasteiger partial charge in [0, 0.05) is 10.0 Å². The first kappa shape index (κ1) is 20.6. The first-order chi connectivity index (χ1) is 10.9. The molecule has 134 valence electrons. The Morgan fingerprint density at radius 2 is 1.92 bits per heavy atom. The molecular weight excluding hydrogens is 400 g/mol. The van der Waals surface area contributed by atoms with Gasteiger partial charge in [-0.15, -0.1) is 0 Å². The zero-order valence-electron chi connectivity index (χ0n) is 13.9. The van der Waals surface area contributed by atoms with E-state index in [1.165, 1.54) is 19.1 Å². The van der Waals surface area contributed by atoms with E-state index in [9.17, 15) is 18.0 Å². The van der Waals surface area contributed by atoms with Crippen LogP contribution >= 0.6 is 15.9 Å². The van der Waals surface area contributed by atoms with E-state index in [2.05, 4.69) is 26.0 Å². The Morgan fingerprint density at radius 3 is 2.46 bits per heavy atom. The maximum Gasteiger partial charge on any atom is 0.321 e. The molecule has 0 heterocycles. The Hall–Kier alpha value is -1.45. The monoisotopic (exact) mass is 420 g/mol. The van der Waals surface area contributed by atoms with Crippen LogP contribution in [0.15, 0.2) is 33.6 Å². The molecule has 0 radical (unpaired) electrons. The van der Waals surface area contributed by atoms with Crippen LogP contribution in [-0.2, 0) is 24.3 Å². The predicted molar refractivity (Wildman–Crippen MR) is 92.8 cm³/mol. The van der Waals surface area contributed by atoms with E-state index in [1.54, 1.807) is 32.9 Å². The second-order valence-electron chi connectivity index (χ2n) is 6.15. The molecule has 0 fully saturated rings. The van der Waals surface area contributed by atoms with Crippen LogP contribution in [0.5, 0.6) is 0 Å². The van der Waals surface area contributed by atoms with Crippen molar-refractivity contribution in [2.24, 2.45) is 0 Å². The summed E-state index contributed by atoms with van der Waals surface area (Å²) in [5.74, 6) is -1.30. The van der Waals surface area contributed by atoms with Crippen molar-refractivity contribution in [1.82, 2.24) is 10.0 Å². The van der Waals surface area contributed by atoms with Crippen LogP contribution in [0, 0.1) is 0 Å². The molecule has 0 aromatic heterocycles. The van der Waals surface area contributed by atoms with Crippen molar-refractivity contribution in [3.8, 4) is 0 Å². The Labute approximate surface area is 150 Å². The van der Waals surface area contributed by atoms with Crippen molar-refractivity contribution < 1.29 is 22.7 Å². The van der Waals surface area contributed by atoms with Crippen molar-refractivity contribution >= 4 is 37.8 Å². The minimum absolute atomic E-state index is 0.0169. The highest BCUT2D eigenvalue weighted by molar-refractivity contribution is 9.10. The van der Waals surface area contributed by atoms with Crippen LogP contribution in [0.4, 0.5) is 0 Å². The standard InChI is InChI=1S/C15H21BrN2O5S/c1-10(14(20)18-15(2,3)4)23-13(19)9-17-24(21,22)12-7-5-6-11(16)8-12/h5-8,10,17H,9H2,1-4H3,(H,18,20). The molecule has 0 bridgehead atoms. The van der Waals surface area contributed by atoms with Crippen molar-refractivity contribution in [2.75, 3.05) is 6.54 Å². The molecule has 0 saturated heterocycles. The number of rotatable bonds is 6. The summed E-state index contributed by atoms with van der Waals surface area (Å²) in [4.78, 5) is 23.6. The molecule has 0 spiro atoms. The summed E-state index contributed by atoms with van der Waals surface area (Å²) in [7, 11) is -3.84. The minimum atomic E-state index is -3.84. The normalized spacial score (nSPS) is 13.2. The van der Waals surface area contributed by atoms with E-state index in [1.807, 2.05) is 0 Å². The topological polar surface area (TPSA) is 102 Å². The van der Waals surface area contributed by atoms with Gasteiger partial charge in [0.15, 0.2) is 6.10 Å². The van der Waals surface area contributed by atoms with E-state index in [0.29, 0.717) is 4.47 Å². The number of nitrogens with one attached hydrogen (secondary N) is 2. The van der Waals surface area contributed by atoms with Gasteiger partial charge in [-0.3, -0.25) is 9.59 Å². The largest absolute Gasteiger partial charge is 0.452 e. The number of halogens is 1. The second kappa shape index (κ2) is 8.09. The van der Waals surface area contributed by atoms with Gasteiger partial charge in [0.25, 0.3) is 5.91 Å². The highest BCUT2D eigenvalue weighted by atomic mass is 79.9. The third-order valence-electron chi connectivity index (χ3n) is 2.69. The molecule has 7 nitrogen and oxygen atoms in total. The number of benzene rings is 1. The van der Waals surface area contributed by atoms with Crippen LogP contribution < -0.4 is 10.0 Å². The average Bonchev–Trinajstić information content (AvgIpc) is 2.43. The smallest absolute Gasteiger partial charge is 0.321 e. The number of carbonyl (C=O) groups excluding carboxylic acids is 2. The van der Waals surface area contributed by atoms with Crippen LogP contribution in [-0.4, -0.2) is 38.5 Å². The Balaban J connectivity index is 2.58. The highest BCUT2D eigenvalue weighted by Gasteiger charge is 2.23. The number of ether oxygens (including phenoxy) is 1. The average molecular weight is 421 g/mol. The molecule has 0 saturated carbocycles. The quantitative estimate of drug-likeness (QED) is 0.680. The zero-order chi connectivity index (χ0) is 18.5. The van der Waals surface area contributed by atoms with Crippen LogP contribution in [0.3, 0.4) is 0 Å². The summed E-state index contributed by atoms with van der Waals surface area (Å²) >= 11 is 3.18. The molecule has 1 atom stereocenters. The lowest BCUT2D eigenvalue weighted by Gasteiger charge is -2.23. The second-order valence-corrected chi connectivity index (χ2v) is 8.84. The molecule has 1 aromatic rings. The molecule has 1 aromatic carbocycles. The molecule has 9 heteroatoms. The summed E-state index contributed by atoms with van der Waals surface area (Å²) in [5, 5.41) is 2.67. The maximum absolute atomic E-state index is 12.1. The molecule has 1 amide bonds. The number of sulfonamides is 1. The van der Waals surface area contributed by atoms with Gasteiger partial charge in [-0.2, -0.15) is 4.72 Å². The van der Waals surface area contributed by atoms with E-state index in [-0.39, 0.29) is 4.90 Å². The summed E-state index contributed by atoms with van der Waals surface area (Å²) in [6, 6.07) is 6.06. The molecule has 1 unspecified atom stereocenters. The summed E-state index contributed by atoms with van der Waals surface area (Å²) in [6.07, 6.45) is -1.02. The summed E-state index contributed by atoms with van der Waals surface area (Å²) in [5.41, 5.74) is -0.458. The number of amides is 1. The number of esters is 1. The van der Waals surface area contributed by atoms with Crippen LogP contribution in [0.25, 0.3) is 0 Å². The third-order valence-corrected chi connectivity index (χ3v) is 4.58. The SMILES string of the molecule is CC(OC(=O)CNS(=O)(=O)c1cccc(Br)c1)C(=O)NC(C)(C)C. The lowest BCUT2D eigenvalue weighted by Crippen LogP contribution is -2.46. The van der Waals surface area contributed by atoms with Gasteiger partial charge in [-0.05, 0) is 45.9 Å². The van der Waals surface area contributed by atoms with Gasteiger partial charge in [-0.25, -0.2) is 8.42 Å². The fourth-order valence-corrected chi connectivity index (χ4v) is 3.20. The Bertz CT molecular complexity index is 713. The fraction of sp³-hybridized carbons (Fsp3) is 0.467. The molecule has 0 aliphatic carbocycles. The number of hydrogen-bond donors (Lipinski definition) is 2. The molecule has 1 rings (SSSR count). The first-order valence-corrected chi connectivity index (χ1v) is 9.45. The zero-order valence-corrected chi connectivity index (χ0v) is 16.3. The van der Waals surface area contributed by atoms with Crippen molar-refractivity contribution in [3.05, 3.63) is 28.7 Å². The van der Waals surface area contributed by atoms with Crippen LogP contribution in [0.1, 0.15) is 27.7 Å². The van der Waals surface area contributed by atoms with Gasteiger partial charge >= 0.3 is 5.97 Å². The Morgan fingerprint density at radius 1 is 1.29 bits per heavy atom. The van der Waals surface area contributed by atoms with E-state index >= 15 is 0 Å². The molecule has 2 N–H and O–H groups in total. The Kier molecular flexibility index (Phi) is 6.94. The predicted octanol–water partition coefficient (Wildman–Crippen LogP) is 1.57. The third kappa shape index (κ3) is 6.98.